The molecule has 1 saturated heterocycles. The molecule has 11 nitrogen and oxygen atoms in total. The van der Waals surface area contributed by atoms with Crippen LogP contribution in [-0.2, 0) is 25.7 Å². The molecule has 46 heavy (non-hydrogen) atoms. The molecule has 3 aromatic carbocycles. The first-order valence-corrected chi connectivity index (χ1v) is 15.6. The van der Waals surface area contributed by atoms with Gasteiger partial charge < -0.3 is 25.2 Å². The second-order valence-electron chi connectivity index (χ2n) is 11.7. The average molecular weight is 620 g/mol. The highest BCUT2D eigenvalue weighted by molar-refractivity contribution is 6.09. The first kappa shape index (κ1) is 31.0. The number of nitrogens with one attached hydrogen (secondary N) is 2. The molecule has 2 N–H and O–H groups in total. The van der Waals surface area contributed by atoms with E-state index in [1.54, 1.807) is 40.6 Å². The number of aromatic nitrogens is 2. The molecule has 1 aromatic heterocycles. The zero-order chi connectivity index (χ0) is 32.4. The maximum absolute atomic E-state index is 14.7. The van der Waals surface area contributed by atoms with E-state index in [1.165, 1.54) is 0 Å². The van der Waals surface area contributed by atoms with Crippen molar-refractivity contribution in [1.29, 1.82) is 5.26 Å². The van der Waals surface area contributed by atoms with Gasteiger partial charge in [-0.2, -0.15) is 10.4 Å². The first-order chi connectivity index (χ1) is 22.3. The lowest BCUT2D eigenvalue weighted by atomic mass is 9.96. The predicted octanol–water partition coefficient (Wildman–Crippen LogP) is 3.68. The molecule has 0 radical (unpaired) electrons. The molecular formula is C35H37N7O4. The maximum atomic E-state index is 14.7. The third-order valence-electron chi connectivity index (χ3n) is 9.01. The van der Waals surface area contributed by atoms with Gasteiger partial charge in [-0.3, -0.25) is 14.4 Å². The standard InChI is InChI=1S/C35H37N7O4/c1-22(37-3)33(43)38-32-23(2)41(34(44)24-16-18-46-19-17-24)31-15-9-8-14-30(31)40(35(32)45)21-27-26-11-5-7-13-29(26)42(39-27)28-12-6-4-10-25(28)20-36/h4-15,22-24,32,37H,16-19,21H2,1-3H3,(H,38,43). The number of ether oxygens (including phenoxy) is 1. The largest absolute Gasteiger partial charge is 0.381 e. The number of hydrogen-bond acceptors (Lipinski definition) is 7. The Hall–Kier alpha value is -5.05. The van der Waals surface area contributed by atoms with Crippen molar-refractivity contribution in [2.75, 3.05) is 30.1 Å². The van der Waals surface area contributed by atoms with Crippen LogP contribution in [-0.4, -0.2) is 65.9 Å². The fraction of sp³-hybridized carbons (Fsp3) is 0.343. The summed E-state index contributed by atoms with van der Waals surface area (Å²) >= 11 is 0. The first-order valence-electron chi connectivity index (χ1n) is 15.6. The lowest BCUT2D eigenvalue weighted by Crippen LogP contribution is -2.60. The smallest absolute Gasteiger partial charge is 0.252 e. The molecule has 0 aliphatic carbocycles. The number of nitrogens with zero attached hydrogens (tertiary/aromatic N) is 5. The molecular weight excluding hydrogens is 582 g/mol. The number of carbonyl (C=O) groups is 3. The van der Waals surface area contributed by atoms with E-state index in [2.05, 4.69) is 16.7 Å². The topological polar surface area (TPSA) is 133 Å². The van der Waals surface area contributed by atoms with Gasteiger partial charge in [-0.1, -0.05) is 42.5 Å². The SMILES string of the molecule is CNC(C)C(=O)NC1C(=O)N(Cc2nn(-c3ccccc3C#N)c3ccccc23)c2ccccc2N(C(=O)C2CCOCC2)C1C. The second kappa shape index (κ2) is 13.1. The van der Waals surface area contributed by atoms with E-state index >= 15 is 0 Å². The lowest BCUT2D eigenvalue weighted by Gasteiger charge is -2.35. The van der Waals surface area contributed by atoms with Crippen LogP contribution in [0.25, 0.3) is 16.6 Å². The Morgan fingerprint density at radius 1 is 1.00 bits per heavy atom. The van der Waals surface area contributed by atoms with Crippen LogP contribution in [0.4, 0.5) is 11.4 Å². The summed E-state index contributed by atoms with van der Waals surface area (Å²) in [6, 6.07) is 22.3. The van der Waals surface area contributed by atoms with Gasteiger partial charge in [0.1, 0.15) is 12.1 Å². The second-order valence-corrected chi connectivity index (χ2v) is 11.7. The number of hydrogen-bond donors (Lipinski definition) is 2. The van der Waals surface area contributed by atoms with Crippen LogP contribution in [0.5, 0.6) is 0 Å². The number of likely N-dealkylation sites (N-methyl/N-ethyl adjacent to an activating group) is 1. The van der Waals surface area contributed by atoms with Crippen LogP contribution >= 0.6 is 0 Å². The predicted molar refractivity (Wildman–Crippen MR) is 174 cm³/mol. The highest BCUT2D eigenvalue weighted by Gasteiger charge is 2.44. The molecule has 0 bridgehead atoms. The third kappa shape index (κ3) is 5.62. The van der Waals surface area contributed by atoms with Gasteiger partial charge in [0, 0.05) is 24.5 Å². The van der Waals surface area contributed by atoms with Crippen molar-refractivity contribution in [2.24, 2.45) is 5.92 Å². The fourth-order valence-corrected chi connectivity index (χ4v) is 6.31. The Morgan fingerprint density at radius 3 is 2.37 bits per heavy atom. The normalized spacial score (nSPS) is 19.3. The number of benzene rings is 3. The molecule has 3 heterocycles. The van der Waals surface area contributed by atoms with Crippen molar-refractivity contribution < 1.29 is 19.1 Å². The number of nitriles is 1. The Bertz CT molecular complexity index is 1820. The molecule has 11 heteroatoms. The molecule has 236 valence electrons. The Labute approximate surface area is 267 Å². The van der Waals surface area contributed by atoms with Gasteiger partial charge in [0.2, 0.25) is 11.8 Å². The number of anilines is 2. The van der Waals surface area contributed by atoms with Crippen molar-refractivity contribution in [3.8, 4) is 11.8 Å². The van der Waals surface area contributed by atoms with Gasteiger partial charge in [0.15, 0.2) is 0 Å². The molecule has 1 fully saturated rings. The van der Waals surface area contributed by atoms with E-state index in [0.29, 0.717) is 54.4 Å². The minimum Gasteiger partial charge on any atom is -0.381 e. The number of para-hydroxylation sites is 4. The minimum absolute atomic E-state index is 0.0675. The summed E-state index contributed by atoms with van der Waals surface area (Å²) in [6.45, 7) is 4.59. The quantitative estimate of drug-likeness (QED) is 0.323. The number of rotatable bonds is 7. The summed E-state index contributed by atoms with van der Waals surface area (Å²) in [5.74, 6) is -1.06. The molecule has 3 atom stereocenters. The highest BCUT2D eigenvalue weighted by Crippen LogP contribution is 2.38. The van der Waals surface area contributed by atoms with Crippen LogP contribution in [0, 0.1) is 17.2 Å². The lowest BCUT2D eigenvalue weighted by molar-refractivity contribution is -0.130. The number of amides is 3. The van der Waals surface area contributed by atoms with Crippen molar-refractivity contribution in [3.63, 3.8) is 0 Å². The zero-order valence-electron chi connectivity index (χ0n) is 26.1. The van der Waals surface area contributed by atoms with Crippen molar-refractivity contribution in [2.45, 2.75) is 51.4 Å². The third-order valence-corrected chi connectivity index (χ3v) is 9.01. The van der Waals surface area contributed by atoms with Gasteiger partial charge in [-0.15, -0.1) is 0 Å². The summed E-state index contributed by atoms with van der Waals surface area (Å²) in [5.41, 5.74) is 3.63. The van der Waals surface area contributed by atoms with Crippen LogP contribution in [0.15, 0.2) is 72.8 Å². The number of carbonyl (C=O) groups excluding carboxylic acids is 3. The molecule has 3 amide bonds. The van der Waals surface area contributed by atoms with Gasteiger partial charge >= 0.3 is 0 Å². The van der Waals surface area contributed by atoms with Crippen molar-refractivity contribution in [1.82, 2.24) is 20.4 Å². The number of fused-ring (bicyclic) bond motifs is 2. The highest BCUT2D eigenvalue weighted by atomic mass is 16.5. The van der Waals surface area contributed by atoms with E-state index in [0.717, 1.165) is 10.9 Å². The molecule has 6 rings (SSSR count). The van der Waals surface area contributed by atoms with Crippen molar-refractivity contribution >= 4 is 40.0 Å². The summed E-state index contributed by atoms with van der Waals surface area (Å²) < 4.78 is 7.26. The summed E-state index contributed by atoms with van der Waals surface area (Å²) in [7, 11) is 1.68. The minimum atomic E-state index is -1.04. The summed E-state index contributed by atoms with van der Waals surface area (Å²) in [6.07, 6.45) is 1.17. The monoisotopic (exact) mass is 619 g/mol. The van der Waals surface area contributed by atoms with Crippen molar-refractivity contribution in [3.05, 3.63) is 84.1 Å². The Morgan fingerprint density at radius 2 is 1.65 bits per heavy atom. The zero-order valence-corrected chi connectivity index (χ0v) is 26.1. The van der Waals surface area contributed by atoms with Gasteiger partial charge in [0.05, 0.1) is 52.5 Å². The van der Waals surface area contributed by atoms with Gasteiger partial charge in [-0.05, 0) is 64.1 Å². The molecule has 2 aliphatic heterocycles. The summed E-state index contributed by atoms with van der Waals surface area (Å²) in [4.78, 5) is 45.5. The Kier molecular flexibility index (Phi) is 8.83. The van der Waals surface area contributed by atoms with Crippen LogP contribution in [0.3, 0.4) is 0 Å². The molecule has 3 unspecified atom stereocenters. The summed E-state index contributed by atoms with van der Waals surface area (Å²) in [5, 5.41) is 21.5. The molecule has 2 aliphatic rings. The van der Waals surface area contributed by atoms with E-state index in [9.17, 15) is 19.6 Å². The van der Waals surface area contributed by atoms with Crippen LogP contribution in [0.2, 0.25) is 0 Å². The van der Waals surface area contributed by atoms with Crippen LogP contribution < -0.4 is 20.4 Å². The Balaban J connectivity index is 1.48. The van der Waals surface area contributed by atoms with E-state index < -0.39 is 18.1 Å². The molecule has 0 spiro atoms. The maximum Gasteiger partial charge on any atom is 0.252 e. The average Bonchev–Trinajstić information content (AvgIpc) is 3.43. The fourth-order valence-electron chi connectivity index (χ4n) is 6.31. The molecule has 0 saturated carbocycles. The molecule has 4 aromatic rings. The van der Waals surface area contributed by atoms with Crippen LogP contribution in [0.1, 0.15) is 37.9 Å². The van der Waals surface area contributed by atoms with E-state index in [1.807, 2.05) is 67.6 Å². The van der Waals surface area contributed by atoms with E-state index in [4.69, 9.17) is 9.84 Å². The van der Waals surface area contributed by atoms with Gasteiger partial charge in [0.25, 0.3) is 5.91 Å². The van der Waals surface area contributed by atoms with Gasteiger partial charge in [-0.25, -0.2) is 4.68 Å². The van der Waals surface area contributed by atoms with E-state index in [-0.39, 0.29) is 30.2 Å².